The summed E-state index contributed by atoms with van der Waals surface area (Å²) in [6, 6.07) is 23.8. The van der Waals surface area contributed by atoms with Crippen LogP contribution in [0.1, 0.15) is 33.2 Å². The smallest absolute Gasteiger partial charge is 0.165 e. The Morgan fingerprint density at radius 3 is 2.21 bits per heavy atom. The van der Waals surface area contributed by atoms with Crippen LogP contribution >= 0.6 is 0 Å². The molecule has 137 valence electrons. The van der Waals surface area contributed by atoms with E-state index in [1.807, 2.05) is 66.9 Å². The van der Waals surface area contributed by atoms with E-state index in [9.17, 15) is 9.59 Å². The Bertz CT molecular complexity index is 1170. The van der Waals surface area contributed by atoms with E-state index in [1.165, 1.54) is 5.56 Å². The summed E-state index contributed by atoms with van der Waals surface area (Å²) < 4.78 is 2.09. The third-order valence-corrected chi connectivity index (χ3v) is 5.00. The molecule has 0 aliphatic heterocycles. The van der Waals surface area contributed by atoms with Gasteiger partial charge in [0.25, 0.3) is 0 Å². The zero-order valence-corrected chi connectivity index (χ0v) is 15.7. The summed E-state index contributed by atoms with van der Waals surface area (Å²) in [6.45, 7) is 5.87. The van der Waals surface area contributed by atoms with E-state index in [2.05, 4.69) is 23.6 Å². The van der Waals surface area contributed by atoms with Crippen LogP contribution in [0.4, 0.5) is 0 Å². The van der Waals surface area contributed by atoms with Gasteiger partial charge < -0.3 is 4.57 Å². The van der Waals surface area contributed by atoms with E-state index in [0.717, 1.165) is 22.0 Å². The molecule has 0 fully saturated rings. The van der Waals surface area contributed by atoms with Gasteiger partial charge >= 0.3 is 0 Å². The van der Waals surface area contributed by atoms with Crippen molar-refractivity contribution in [2.24, 2.45) is 0 Å². The highest BCUT2D eigenvalue weighted by Gasteiger charge is 2.14. The Labute approximate surface area is 164 Å². The van der Waals surface area contributed by atoms with Crippen LogP contribution in [0.25, 0.3) is 22.0 Å². The highest BCUT2D eigenvalue weighted by Crippen LogP contribution is 2.29. The van der Waals surface area contributed by atoms with E-state index in [4.69, 9.17) is 0 Å². The van der Waals surface area contributed by atoms with E-state index in [0.29, 0.717) is 17.7 Å². The molecule has 1 radical (unpaired) electrons. The summed E-state index contributed by atoms with van der Waals surface area (Å²) in [5.41, 5.74) is 5.49. The molecule has 0 aliphatic rings. The molecule has 1 heterocycles. The molecule has 0 aliphatic carbocycles. The highest BCUT2D eigenvalue weighted by molar-refractivity contribution is 6.10. The molecule has 0 atom stereocenters. The van der Waals surface area contributed by atoms with Crippen LogP contribution in [-0.2, 0) is 6.54 Å². The molecule has 1 aromatic heterocycles. The Kier molecular flexibility index (Phi) is 4.66. The van der Waals surface area contributed by atoms with Gasteiger partial charge in [-0.25, -0.2) is 0 Å². The second-order valence-corrected chi connectivity index (χ2v) is 6.94. The van der Waals surface area contributed by atoms with E-state index < -0.39 is 0 Å². The van der Waals surface area contributed by atoms with Gasteiger partial charge in [-0.15, -0.1) is 0 Å². The van der Waals surface area contributed by atoms with Gasteiger partial charge in [0.1, 0.15) is 0 Å². The van der Waals surface area contributed by atoms with Crippen LogP contribution in [0.15, 0.2) is 79.0 Å². The first-order valence-electron chi connectivity index (χ1n) is 9.17. The van der Waals surface area contributed by atoms with Crippen LogP contribution < -0.4 is 0 Å². The second-order valence-electron chi connectivity index (χ2n) is 6.94. The van der Waals surface area contributed by atoms with Gasteiger partial charge in [0.15, 0.2) is 11.6 Å². The number of aromatic nitrogens is 1. The topological polar surface area (TPSA) is 39.1 Å². The fourth-order valence-corrected chi connectivity index (χ4v) is 3.51. The van der Waals surface area contributed by atoms with Crippen molar-refractivity contribution in [1.82, 2.24) is 4.57 Å². The molecule has 0 unspecified atom stereocenters. The van der Waals surface area contributed by atoms with Crippen molar-refractivity contribution in [2.75, 3.05) is 0 Å². The number of hydrogen-bond acceptors (Lipinski definition) is 2. The van der Waals surface area contributed by atoms with Gasteiger partial charge in [0.05, 0.1) is 0 Å². The maximum Gasteiger partial charge on any atom is 0.165 e. The predicted molar refractivity (Wildman–Crippen MR) is 113 cm³/mol. The quantitative estimate of drug-likeness (QED) is 0.433. The summed E-state index contributed by atoms with van der Waals surface area (Å²) in [5.74, 6) is -0.147. The molecular weight excluding hydrogens is 346 g/mol. The minimum absolute atomic E-state index is 0.0462. The van der Waals surface area contributed by atoms with E-state index in [-0.39, 0.29) is 11.6 Å². The lowest BCUT2D eigenvalue weighted by molar-refractivity contribution is 0.101. The molecule has 0 saturated heterocycles. The molecule has 4 aromatic rings. The highest BCUT2D eigenvalue weighted by atomic mass is 16.1. The Balaban J connectivity index is 1.79. The maximum atomic E-state index is 12.1. The zero-order valence-electron chi connectivity index (χ0n) is 15.7. The minimum Gasteiger partial charge on any atom is -0.342 e. The second kappa shape index (κ2) is 7.28. The van der Waals surface area contributed by atoms with Gasteiger partial charge in [-0.05, 0) is 35.7 Å². The van der Waals surface area contributed by atoms with Crippen molar-refractivity contribution in [1.29, 1.82) is 0 Å². The summed E-state index contributed by atoms with van der Waals surface area (Å²) in [5, 5.41) is 0.893. The summed E-state index contributed by atoms with van der Waals surface area (Å²) in [7, 11) is 0. The molecule has 0 spiro atoms. The van der Waals surface area contributed by atoms with Crippen LogP contribution in [0.5, 0.6) is 0 Å². The third kappa shape index (κ3) is 3.39. The minimum atomic E-state index is -0.194. The fourth-order valence-electron chi connectivity index (χ4n) is 3.51. The predicted octanol–water partition coefficient (Wildman–Crippen LogP) is 5.58. The van der Waals surface area contributed by atoms with Crippen LogP contribution in [0, 0.1) is 6.92 Å². The molecule has 3 heteroatoms. The molecular formula is C25H20NO2. The number of Topliss-reactive ketones (excluding diaryl/α,β-unsaturated/α-hetero) is 2. The lowest BCUT2D eigenvalue weighted by Gasteiger charge is -2.07. The fraction of sp³-hybridized carbons (Fsp3) is 0.0800. The van der Waals surface area contributed by atoms with Crippen molar-refractivity contribution in [2.45, 2.75) is 13.5 Å². The van der Waals surface area contributed by atoms with Crippen LogP contribution in [-0.4, -0.2) is 16.1 Å². The zero-order chi connectivity index (χ0) is 19.7. The number of carbonyl (C=O) groups excluding carboxylic acids is 2. The molecule has 4 rings (SSSR count). The lowest BCUT2D eigenvalue weighted by Crippen LogP contribution is -1.97. The van der Waals surface area contributed by atoms with Gasteiger partial charge in [-0.3, -0.25) is 9.59 Å². The van der Waals surface area contributed by atoms with Gasteiger partial charge in [0.2, 0.25) is 0 Å². The molecule has 3 aromatic carbocycles. The number of rotatable bonds is 5. The van der Waals surface area contributed by atoms with Crippen LogP contribution in [0.3, 0.4) is 0 Å². The van der Waals surface area contributed by atoms with Crippen molar-refractivity contribution in [3.8, 4) is 11.1 Å². The van der Waals surface area contributed by atoms with Crippen molar-refractivity contribution in [3.05, 3.63) is 103 Å². The van der Waals surface area contributed by atoms with Crippen molar-refractivity contribution >= 4 is 22.5 Å². The first-order chi connectivity index (χ1) is 13.5. The number of fused-ring (bicyclic) bond motifs is 1. The summed E-state index contributed by atoms with van der Waals surface area (Å²) in [6.07, 6.45) is 1.88. The van der Waals surface area contributed by atoms with Gasteiger partial charge in [-0.1, -0.05) is 60.7 Å². The van der Waals surface area contributed by atoms with Crippen molar-refractivity contribution in [3.63, 3.8) is 0 Å². The van der Waals surface area contributed by atoms with Gasteiger partial charge in [-0.2, -0.15) is 0 Å². The number of ketones is 2. The average molecular weight is 366 g/mol. The molecule has 0 saturated carbocycles. The number of carbonyl (C=O) groups is 2. The van der Waals surface area contributed by atoms with E-state index >= 15 is 0 Å². The summed E-state index contributed by atoms with van der Waals surface area (Å²) in [4.78, 5) is 23.6. The maximum absolute atomic E-state index is 12.1. The monoisotopic (exact) mass is 366 g/mol. The number of hydrogen-bond donors (Lipinski definition) is 0. The Hall–Kier alpha value is -3.46. The summed E-state index contributed by atoms with van der Waals surface area (Å²) >= 11 is 0. The normalized spacial score (nSPS) is 10.9. The molecule has 0 N–H and O–H groups in total. The standard InChI is InChI=1S/C25H20NO2/c1-17(27)20-8-10-21(11-9-20)22-12-13-25-23(14-22)24(18(2)28)16-26(25)15-19-6-4-3-5-7-19/h3-14,16H,2,15H2,1H3. The van der Waals surface area contributed by atoms with E-state index in [1.54, 1.807) is 6.92 Å². The molecule has 3 nitrogen and oxygen atoms in total. The molecule has 0 amide bonds. The van der Waals surface area contributed by atoms with Crippen LogP contribution in [0.2, 0.25) is 0 Å². The Morgan fingerprint density at radius 1 is 0.893 bits per heavy atom. The number of nitrogens with zero attached hydrogens (tertiary/aromatic N) is 1. The Morgan fingerprint density at radius 2 is 1.57 bits per heavy atom. The first-order valence-corrected chi connectivity index (χ1v) is 9.17. The first kappa shape index (κ1) is 17.9. The number of benzene rings is 3. The van der Waals surface area contributed by atoms with Crippen molar-refractivity contribution < 1.29 is 9.59 Å². The molecule has 0 bridgehead atoms. The largest absolute Gasteiger partial charge is 0.342 e. The van der Waals surface area contributed by atoms with Gasteiger partial charge in [0, 0.05) is 41.7 Å². The third-order valence-electron chi connectivity index (χ3n) is 5.00. The SMILES string of the molecule is [CH2]C(=O)c1cn(Cc2ccccc2)c2ccc(-c3ccc(C(C)=O)cc3)cc12. The molecule has 28 heavy (non-hydrogen) atoms. The average Bonchev–Trinajstić information content (AvgIpc) is 3.07. The lowest BCUT2D eigenvalue weighted by atomic mass is 10.00.